The minimum Gasteiger partial charge on any atom is -0.381 e. The number of benzene rings is 2. The molecule has 0 saturated carbocycles. The summed E-state index contributed by atoms with van der Waals surface area (Å²) in [7, 11) is 14.9. The molecule has 2 aliphatic rings. The smallest absolute Gasteiger partial charge is 0.254 e. The third-order valence-electron chi connectivity index (χ3n) is 11.0. The molecule has 0 radical (unpaired) electrons. The number of morpholine rings is 1. The lowest BCUT2D eigenvalue weighted by Crippen LogP contribution is -2.69. The van der Waals surface area contributed by atoms with E-state index in [0.29, 0.717) is 16.8 Å². The fraction of sp³-hybridized carbons (Fsp3) is 0.500. The van der Waals surface area contributed by atoms with Crippen molar-refractivity contribution in [3.63, 3.8) is 0 Å². The first kappa shape index (κ1) is 36.0. The number of hydrogen-bond donors (Lipinski definition) is 2. The zero-order chi connectivity index (χ0) is 34.7. The fourth-order valence-corrected chi connectivity index (χ4v) is 7.27. The Morgan fingerprint density at radius 3 is 2.20 bits per heavy atom. The first-order chi connectivity index (χ1) is 21.0. The Balaban J connectivity index is 1.64. The van der Waals surface area contributed by atoms with Gasteiger partial charge in [0.1, 0.15) is 67.0 Å². The summed E-state index contributed by atoms with van der Waals surface area (Å²) < 4.78 is 21.6. The molecule has 1 fully saturated rings. The first-order valence-electron chi connectivity index (χ1n) is 16.1. The highest BCUT2D eigenvalue weighted by atomic mass is 19.1. The number of ether oxygens (including phenoxy) is 1. The van der Waals surface area contributed by atoms with Crippen molar-refractivity contribution < 1.29 is 23.5 Å². The van der Waals surface area contributed by atoms with E-state index >= 15 is 4.39 Å². The van der Waals surface area contributed by atoms with Crippen molar-refractivity contribution in [3.05, 3.63) is 64.5 Å². The van der Waals surface area contributed by atoms with E-state index in [2.05, 4.69) is 58.9 Å². The number of aldehydes is 1. The summed E-state index contributed by atoms with van der Waals surface area (Å²) in [6, 6.07) is 10.7. The highest BCUT2D eigenvalue weighted by Gasteiger charge is 2.59. The Morgan fingerprint density at radius 2 is 1.63 bits per heavy atom. The van der Waals surface area contributed by atoms with Crippen molar-refractivity contribution in [2.45, 2.75) is 73.2 Å². The van der Waals surface area contributed by atoms with E-state index in [1.165, 1.54) is 13.1 Å². The highest BCUT2D eigenvalue weighted by molar-refractivity contribution is 6.63. The maximum Gasteiger partial charge on any atom is 0.254 e. The maximum absolute atomic E-state index is 15.3. The molecule has 2 N–H and O–H groups in total. The van der Waals surface area contributed by atoms with Crippen LogP contribution in [0.1, 0.15) is 54.7 Å². The highest BCUT2D eigenvalue weighted by Crippen LogP contribution is 2.52. The minimum atomic E-state index is -1.35. The molecule has 8 nitrogen and oxygen atoms in total. The number of carbonyl (C=O) groups excluding carboxylic acids is 3. The van der Waals surface area contributed by atoms with E-state index in [4.69, 9.17) is 4.74 Å². The van der Waals surface area contributed by atoms with E-state index in [0.717, 1.165) is 30.5 Å². The van der Waals surface area contributed by atoms with E-state index in [1.54, 1.807) is 40.6 Å². The van der Waals surface area contributed by atoms with Crippen molar-refractivity contribution >= 4 is 78.7 Å². The van der Waals surface area contributed by atoms with Gasteiger partial charge in [-0.05, 0) is 62.0 Å². The van der Waals surface area contributed by atoms with Crippen LogP contribution in [0.15, 0.2) is 36.4 Å². The molecule has 0 spiro atoms. The standard InChI is InChI=1S/C30H46B7FN4O4/c1-25(2)14-41(15-26(3,4)46-25)29(34,35)18-9-10-21(38)17(11-18)12-40-22-8-6-7-19-20(22)13-42(23(19)44)28(33,24(45)39-5)30(36,37)27(31,32)16-43/h6-11,16,40H,12-15,31-37H2,1-5H3,(H,39,45). The molecule has 2 heterocycles. The van der Waals surface area contributed by atoms with E-state index in [-0.39, 0.29) is 47.3 Å². The number of anilines is 1. The number of fused-ring (bicyclic) bond motifs is 1. The summed E-state index contributed by atoms with van der Waals surface area (Å²) >= 11 is 0. The van der Waals surface area contributed by atoms with Gasteiger partial charge in [0.2, 0.25) is 5.91 Å². The zero-order valence-corrected chi connectivity index (χ0v) is 29.8. The lowest BCUT2D eigenvalue weighted by Gasteiger charge is -2.55. The SMILES string of the molecule is BC(B)(c1ccc(F)c(CNc2cccc3c2CN(C(B)(C(=O)NC)C(B)(B)C(B)(B)C=O)C3=O)c1)N1CC(C)(C)OC(C)(C)C1. The molecule has 46 heavy (non-hydrogen) atoms. The molecule has 0 aromatic heterocycles. The van der Waals surface area contributed by atoms with E-state index in [9.17, 15) is 14.4 Å². The van der Waals surface area contributed by atoms with Crippen LogP contribution in [0.5, 0.6) is 0 Å². The molecule has 1 unspecified atom stereocenters. The molecule has 2 aliphatic heterocycles. The second-order valence-corrected chi connectivity index (χ2v) is 16.0. The average molecular weight is 621 g/mol. The molecule has 16 heteroatoms. The van der Waals surface area contributed by atoms with E-state index in [1.807, 2.05) is 33.9 Å². The number of carbonyl (C=O) groups is 3. The maximum atomic E-state index is 15.3. The number of amides is 2. The molecule has 238 valence electrons. The quantitative estimate of drug-likeness (QED) is 0.214. The van der Waals surface area contributed by atoms with Gasteiger partial charge < -0.3 is 30.0 Å². The molecule has 2 aromatic carbocycles. The second-order valence-electron chi connectivity index (χ2n) is 16.0. The zero-order valence-electron chi connectivity index (χ0n) is 29.8. The predicted octanol–water partition coefficient (Wildman–Crippen LogP) is -3.30. The number of rotatable bonds is 10. The number of nitrogens with one attached hydrogen (secondary N) is 2. The number of halogens is 1. The monoisotopic (exact) mass is 622 g/mol. The lowest BCUT2D eigenvalue weighted by atomic mass is 9.23. The molecule has 2 amide bonds. The fourth-order valence-electron chi connectivity index (χ4n) is 7.27. The van der Waals surface area contributed by atoms with Gasteiger partial charge in [-0.25, -0.2) is 4.39 Å². The number of likely N-dealkylation sites (N-methyl/N-ethyl adjacent to an activating group) is 1. The third-order valence-corrected chi connectivity index (χ3v) is 11.0. The minimum absolute atomic E-state index is 0.164. The normalized spacial score (nSPS) is 19.6. The topological polar surface area (TPSA) is 91.0 Å². The Hall–Kier alpha value is -2.85. The molecule has 1 saturated heterocycles. The van der Waals surface area contributed by atoms with Crippen molar-refractivity contribution in [1.82, 2.24) is 15.1 Å². The predicted molar refractivity (Wildman–Crippen MR) is 201 cm³/mol. The molecule has 4 rings (SSSR count). The van der Waals surface area contributed by atoms with Crippen LogP contribution >= 0.6 is 0 Å². The second kappa shape index (κ2) is 12.0. The van der Waals surface area contributed by atoms with Crippen LogP contribution in [0.3, 0.4) is 0 Å². The van der Waals surface area contributed by atoms with Crippen LogP contribution < -0.4 is 10.6 Å². The summed E-state index contributed by atoms with van der Waals surface area (Å²) in [5.41, 5.74) is 1.42. The van der Waals surface area contributed by atoms with Gasteiger partial charge in [-0.3, -0.25) is 9.59 Å². The summed E-state index contributed by atoms with van der Waals surface area (Å²) in [5.74, 6) is -0.951. The van der Waals surface area contributed by atoms with Crippen LogP contribution in [0.4, 0.5) is 10.1 Å². The number of nitrogens with zero attached hydrogens (tertiary/aromatic N) is 2. The van der Waals surface area contributed by atoms with Gasteiger partial charge in [0.15, 0.2) is 0 Å². The molecule has 0 aliphatic carbocycles. The van der Waals surface area contributed by atoms with Crippen LogP contribution in [-0.2, 0) is 32.8 Å². The van der Waals surface area contributed by atoms with Gasteiger partial charge in [0, 0.05) is 55.6 Å². The van der Waals surface area contributed by atoms with Gasteiger partial charge in [-0.1, -0.05) is 23.4 Å². The molecular weight excluding hydrogens is 575 g/mol. The van der Waals surface area contributed by atoms with Gasteiger partial charge in [0.25, 0.3) is 5.91 Å². The summed E-state index contributed by atoms with van der Waals surface area (Å²) in [4.78, 5) is 43.7. The van der Waals surface area contributed by atoms with Gasteiger partial charge in [0.05, 0.1) is 16.6 Å². The van der Waals surface area contributed by atoms with Gasteiger partial charge >= 0.3 is 0 Å². The molecule has 2 aromatic rings. The van der Waals surface area contributed by atoms with Crippen LogP contribution in [0.2, 0.25) is 10.4 Å². The van der Waals surface area contributed by atoms with E-state index < -0.39 is 15.9 Å². The number of hydrogen-bond acceptors (Lipinski definition) is 6. The third kappa shape index (κ3) is 6.12. The van der Waals surface area contributed by atoms with Crippen LogP contribution in [0.25, 0.3) is 0 Å². The Kier molecular flexibility index (Phi) is 9.39. The Bertz CT molecular complexity index is 1540. The van der Waals surface area contributed by atoms with Crippen LogP contribution in [0, 0.1) is 5.82 Å². The summed E-state index contributed by atoms with van der Waals surface area (Å²) in [6.07, 6.45) is 0.847. The van der Waals surface area contributed by atoms with Crippen molar-refractivity contribution in [2.24, 2.45) is 0 Å². The Morgan fingerprint density at radius 1 is 1.02 bits per heavy atom. The van der Waals surface area contributed by atoms with Crippen molar-refractivity contribution in [2.75, 3.05) is 25.5 Å². The summed E-state index contributed by atoms with van der Waals surface area (Å²) in [5, 5.41) is 3.89. The van der Waals surface area contributed by atoms with Crippen LogP contribution in [-0.4, -0.2) is 120 Å². The van der Waals surface area contributed by atoms with Gasteiger partial charge in [-0.15, -0.1) is 0 Å². The van der Waals surface area contributed by atoms with Gasteiger partial charge in [-0.2, -0.15) is 0 Å². The average Bonchev–Trinajstić information content (AvgIpc) is 3.31. The molecule has 0 bridgehead atoms. The lowest BCUT2D eigenvalue weighted by molar-refractivity contribution is -0.186. The first-order valence-corrected chi connectivity index (χ1v) is 16.1. The van der Waals surface area contributed by atoms with Crippen molar-refractivity contribution in [1.29, 1.82) is 0 Å². The Labute approximate surface area is 279 Å². The van der Waals surface area contributed by atoms with Crippen molar-refractivity contribution in [3.8, 4) is 0 Å². The largest absolute Gasteiger partial charge is 0.381 e. The molecular formula is C30H46B7FN4O4. The molecule has 1 atom stereocenters. The summed E-state index contributed by atoms with van der Waals surface area (Å²) in [6.45, 7) is 10.3.